The van der Waals surface area contributed by atoms with Gasteiger partial charge in [0.15, 0.2) is 0 Å². The zero-order chi connectivity index (χ0) is 23.3. The number of carbonyl (C=O) groups excluding carboxylic acids is 2. The Kier molecular flexibility index (Phi) is 8.58. The van der Waals surface area contributed by atoms with Crippen LogP contribution in [-0.2, 0) is 14.3 Å². The molecule has 2 amide bonds. The van der Waals surface area contributed by atoms with Gasteiger partial charge in [-0.2, -0.15) is 6.41 Å². The van der Waals surface area contributed by atoms with Crippen molar-refractivity contribution in [3.8, 4) is 0 Å². The fourth-order valence-corrected chi connectivity index (χ4v) is 7.02. The summed E-state index contributed by atoms with van der Waals surface area (Å²) in [6.45, 7) is 9.49. The molecule has 5 rings (SSSR count). The Bertz CT molecular complexity index is 744. The summed E-state index contributed by atoms with van der Waals surface area (Å²) in [4.78, 5) is 30.0. The van der Waals surface area contributed by atoms with E-state index in [2.05, 4.69) is 18.7 Å². The fraction of sp³-hybridized carbons (Fsp3) is 0.920. The molecule has 4 heterocycles. The fourth-order valence-electron chi connectivity index (χ4n) is 7.02. The Balaban J connectivity index is 0.00000274. The molecule has 0 aromatic rings. The molecule has 7 nitrogen and oxygen atoms in total. The topological polar surface area (TPSA) is 62.3 Å². The van der Waals surface area contributed by atoms with Crippen molar-refractivity contribution in [2.45, 2.75) is 75.6 Å². The van der Waals surface area contributed by atoms with Gasteiger partial charge in [-0.05, 0) is 39.3 Å². The van der Waals surface area contributed by atoms with Crippen LogP contribution in [0, 0.1) is 17.8 Å². The number of likely N-dealkylation sites (tertiary alicyclic amines) is 2. The number of alkyl halides is 1. The molecule has 2 unspecified atom stereocenters. The van der Waals surface area contributed by atoms with Gasteiger partial charge in [0, 0.05) is 55.8 Å². The molecule has 9 heteroatoms. The number of ether oxygens (including phenoxy) is 2. The number of rotatable bonds is 7. The van der Waals surface area contributed by atoms with Crippen LogP contribution in [0.1, 0.15) is 58.8 Å². The van der Waals surface area contributed by atoms with Crippen molar-refractivity contribution in [1.82, 2.24) is 14.7 Å². The zero-order valence-electron chi connectivity index (χ0n) is 21.2. The van der Waals surface area contributed by atoms with Crippen LogP contribution in [0.25, 0.3) is 0 Å². The zero-order valence-corrected chi connectivity index (χ0v) is 26.1. The van der Waals surface area contributed by atoms with Crippen LogP contribution in [0.4, 0.5) is 9.18 Å². The monoisotopic (exact) mass is 549 g/mol. The second kappa shape index (κ2) is 10.6. The van der Waals surface area contributed by atoms with Gasteiger partial charge in [-0.3, -0.25) is 4.90 Å². The predicted molar refractivity (Wildman–Crippen MR) is 121 cm³/mol. The molecule has 0 aromatic carbocycles. The molecule has 0 N–H and O–H groups in total. The molecule has 0 bridgehead atoms. The van der Waals surface area contributed by atoms with Crippen molar-refractivity contribution in [3.05, 3.63) is 0 Å². The summed E-state index contributed by atoms with van der Waals surface area (Å²) in [5.41, 5.74) is -1.65. The first kappa shape index (κ1) is 27.4. The summed E-state index contributed by atoms with van der Waals surface area (Å²) in [6, 6.07) is 0. The number of piperidine rings is 2. The molecule has 5 aliphatic rings. The van der Waals surface area contributed by atoms with Crippen LogP contribution in [0.15, 0.2) is 0 Å². The summed E-state index contributed by atoms with van der Waals surface area (Å²) in [5, 5.41) is 0. The summed E-state index contributed by atoms with van der Waals surface area (Å²) < 4.78 is 27.0. The molecule has 1 spiro atoms. The molecule has 0 radical (unpaired) electrons. The van der Waals surface area contributed by atoms with E-state index >= 15 is 4.39 Å². The number of hydrogen-bond acceptors (Lipinski definition) is 5. The van der Waals surface area contributed by atoms with Gasteiger partial charge in [-0.25, -0.2) is 9.18 Å². The Morgan fingerprint density at radius 1 is 1.09 bits per heavy atom. The molecule has 186 valence electrons. The molecule has 4 aliphatic heterocycles. The first-order valence-corrected chi connectivity index (χ1v) is 13.0. The Labute approximate surface area is 252 Å². The van der Waals surface area contributed by atoms with Gasteiger partial charge < -0.3 is 24.1 Å². The molecular weight excluding hydrogens is 511 g/mol. The molecule has 0 aromatic heterocycles. The van der Waals surface area contributed by atoms with Gasteiger partial charge in [0.2, 0.25) is 0 Å². The number of nitrogens with zero attached hydrogens (tertiary/aromatic N) is 3. The minimum absolute atomic E-state index is 0. The normalized spacial score (nSPS) is 36.6. The van der Waals surface area contributed by atoms with Crippen molar-refractivity contribution in [1.29, 1.82) is 0 Å². The average molecular weight is 550 g/mol. The van der Waals surface area contributed by atoms with Gasteiger partial charge in [0.25, 0.3) is 0 Å². The third-order valence-corrected chi connectivity index (χ3v) is 9.62. The van der Waals surface area contributed by atoms with E-state index < -0.39 is 11.3 Å². The van der Waals surface area contributed by atoms with E-state index in [0.29, 0.717) is 19.8 Å². The first-order chi connectivity index (χ1) is 15.8. The standard InChI is InChI=1S/C25H39FN3O4.Rb/c1-3-4-5-19-14-28(17-25(26)20-15-32-16-21(20)25)22(31)33-24(19)8-12-29(13-9-24)23(2)6-10-27(18-30)11-7-23;/h19-21H,3-17H2,1-2H3;/q-1;+1/t19-,20?,21?,25?;/m0./s1. The van der Waals surface area contributed by atoms with Crippen LogP contribution in [0.3, 0.4) is 0 Å². The molecule has 5 fully saturated rings. The maximum absolute atomic E-state index is 15.4. The minimum atomic E-state index is -1.29. The molecular formula is C25H39FN3O4Rb. The van der Waals surface area contributed by atoms with Crippen molar-refractivity contribution in [2.24, 2.45) is 17.8 Å². The average Bonchev–Trinajstić information content (AvgIpc) is 3.15. The summed E-state index contributed by atoms with van der Waals surface area (Å²) in [6.07, 6.45) is 8.47. The smallest absolute Gasteiger partial charge is 0.520 e. The number of amides is 2. The van der Waals surface area contributed by atoms with Crippen molar-refractivity contribution in [3.63, 3.8) is 0 Å². The molecule has 34 heavy (non-hydrogen) atoms. The van der Waals surface area contributed by atoms with E-state index in [1.165, 1.54) is 0 Å². The van der Waals surface area contributed by atoms with E-state index in [4.69, 9.17) is 9.47 Å². The summed E-state index contributed by atoms with van der Waals surface area (Å²) in [7, 11) is 0. The van der Waals surface area contributed by atoms with E-state index in [-0.39, 0.29) is 94.1 Å². The predicted octanol–water partition coefficient (Wildman–Crippen LogP) is -0.0102. The van der Waals surface area contributed by atoms with Gasteiger partial charge in [-0.1, -0.05) is 19.8 Å². The number of unbranched alkanes of at least 4 members (excludes halogenated alkanes) is 1. The third kappa shape index (κ3) is 4.94. The van der Waals surface area contributed by atoms with Gasteiger partial charge in [0.05, 0.1) is 19.8 Å². The van der Waals surface area contributed by atoms with E-state index in [0.717, 1.165) is 71.1 Å². The van der Waals surface area contributed by atoms with E-state index in [9.17, 15) is 9.59 Å². The van der Waals surface area contributed by atoms with Crippen molar-refractivity contribution >= 4 is 12.5 Å². The van der Waals surface area contributed by atoms with Gasteiger partial charge in [-0.15, -0.1) is 0 Å². The van der Waals surface area contributed by atoms with Gasteiger partial charge >= 0.3 is 64.3 Å². The first-order valence-electron chi connectivity index (χ1n) is 13.0. The second-order valence-electron chi connectivity index (χ2n) is 11.4. The van der Waals surface area contributed by atoms with Crippen LogP contribution >= 0.6 is 0 Å². The van der Waals surface area contributed by atoms with Crippen LogP contribution in [0.2, 0.25) is 0 Å². The van der Waals surface area contributed by atoms with Crippen molar-refractivity contribution in [2.75, 3.05) is 52.5 Å². The van der Waals surface area contributed by atoms with Crippen LogP contribution in [0.5, 0.6) is 0 Å². The maximum Gasteiger partial charge on any atom is 1.00 e. The van der Waals surface area contributed by atoms with Crippen LogP contribution in [-0.4, -0.2) is 96.5 Å². The number of carbonyl (C=O) groups is 1. The third-order valence-electron chi connectivity index (χ3n) is 9.62. The van der Waals surface area contributed by atoms with Crippen molar-refractivity contribution < 1.29 is 81.6 Å². The Morgan fingerprint density at radius 2 is 1.74 bits per heavy atom. The largest absolute Gasteiger partial charge is 1.00 e. The maximum atomic E-state index is 15.4. The van der Waals surface area contributed by atoms with E-state index in [1.54, 1.807) is 9.80 Å². The molecule has 1 saturated carbocycles. The second-order valence-corrected chi connectivity index (χ2v) is 11.4. The quantitative estimate of drug-likeness (QED) is 0.418. The summed E-state index contributed by atoms with van der Waals surface area (Å²) in [5.74, 6) is 0.139. The Morgan fingerprint density at radius 3 is 2.32 bits per heavy atom. The Hall–Kier alpha value is 0.395. The number of halogens is 1. The number of hydrogen-bond donors (Lipinski definition) is 0. The summed E-state index contributed by atoms with van der Waals surface area (Å²) >= 11 is 0. The molecule has 1 aliphatic carbocycles. The van der Waals surface area contributed by atoms with Crippen LogP contribution < -0.4 is 58.2 Å². The van der Waals surface area contributed by atoms with E-state index in [1.807, 2.05) is 6.41 Å². The van der Waals surface area contributed by atoms with Gasteiger partial charge in [0.1, 0.15) is 11.3 Å². The SMILES string of the molecule is CCCC[C@H]1CN(CC2(F)C3COCC32)C(=O)OC12CCN(C1(C)CCN([C-]=O)CC1)CC2.[Rb+]. The molecule has 4 saturated heterocycles. The molecule has 3 atom stereocenters. The number of fused-ring (bicyclic) bond motifs is 1. The minimum Gasteiger partial charge on any atom is -0.520 e.